The number of carbonyl (C=O) groups excluding carboxylic acids is 1. The van der Waals surface area contributed by atoms with Crippen LogP contribution < -0.4 is 14.8 Å². The van der Waals surface area contributed by atoms with Gasteiger partial charge in [-0.15, -0.1) is 5.10 Å². The molecule has 2 aromatic carbocycles. The Morgan fingerprint density at radius 1 is 1.20 bits per heavy atom. The van der Waals surface area contributed by atoms with E-state index in [9.17, 15) is 4.79 Å². The number of carbonyl (C=O) groups is 1. The molecule has 126 valence electrons. The minimum atomic E-state index is -0.248. The number of ether oxygens (including phenoxy) is 2. The fourth-order valence-electron chi connectivity index (χ4n) is 2.42. The number of rotatable bonds is 4. The number of hydrogen-bond donors (Lipinski definition) is 1. The number of fused-ring (bicyclic) bond motifs is 1. The molecule has 0 atom stereocenters. The van der Waals surface area contributed by atoms with E-state index in [1.165, 1.54) is 0 Å². The Morgan fingerprint density at radius 3 is 2.96 bits per heavy atom. The van der Waals surface area contributed by atoms with Gasteiger partial charge in [-0.3, -0.25) is 4.79 Å². The van der Waals surface area contributed by atoms with E-state index in [0.717, 1.165) is 10.2 Å². The summed E-state index contributed by atoms with van der Waals surface area (Å²) < 4.78 is 13.0. The van der Waals surface area contributed by atoms with Crippen LogP contribution in [0.5, 0.6) is 11.5 Å². The minimum Gasteiger partial charge on any atom is -0.454 e. The lowest BCUT2D eigenvalue weighted by Crippen LogP contribution is -2.24. The minimum absolute atomic E-state index is 0.168. The second kappa shape index (κ2) is 6.52. The molecular weight excluding hydrogens is 390 g/mol. The summed E-state index contributed by atoms with van der Waals surface area (Å²) >= 11 is 3.42. The fraction of sp³-hybridized carbons (Fsp3) is 0.125. The van der Waals surface area contributed by atoms with Gasteiger partial charge >= 0.3 is 0 Å². The van der Waals surface area contributed by atoms with Crippen LogP contribution in [0.1, 0.15) is 16.2 Å². The van der Waals surface area contributed by atoms with Gasteiger partial charge in [0.25, 0.3) is 5.91 Å². The third kappa shape index (κ3) is 3.18. The zero-order valence-corrected chi connectivity index (χ0v) is 14.4. The highest BCUT2D eigenvalue weighted by Gasteiger charge is 2.17. The van der Waals surface area contributed by atoms with Crippen molar-refractivity contribution in [2.45, 2.75) is 6.54 Å². The molecule has 0 bridgehead atoms. The lowest BCUT2D eigenvalue weighted by molar-refractivity contribution is 0.0949. The quantitative estimate of drug-likeness (QED) is 0.719. The maximum atomic E-state index is 12.3. The first-order valence-corrected chi connectivity index (χ1v) is 8.21. The molecule has 0 saturated heterocycles. The summed E-state index contributed by atoms with van der Waals surface area (Å²) in [6, 6.07) is 12.6. The summed E-state index contributed by atoms with van der Waals surface area (Å²) in [6.07, 6.45) is 0. The molecule has 0 unspecified atom stereocenters. The van der Waals surface area contributed by atoms with Gasteiger partial charge in [0.05, 0.1) is 12.2 Å². The maximum absolute atomic E-state index is 12.3. The largest absolute Gasteiger partial charge is 0.454 e. The van der Waals surface area contributed by atoms with Crippen molar-refractivity contribution in [2.24, 2.45) is 0 Å². The Morgan fingerprint density at radius 2 is 2.08 bits per heavy atom. The van der Waals surface area contributed by atoms with E-state index >= 15 is 0 Å². The highest BCUT2D eigenvalue weighted by molar-refractivity contribution is 9.10. The van der Waals surface area contributed by atoms with E-state index in [-0.39, 0.29) is 19.2 Å². The SMILES string of the molecule is O=C(NCc1nnnn1-c1cccc(Br)c1)c1ccc2c(c1)OCO2. The number of benzene rings is 2. The summed E-state index contributed by atoms with van der Waals surface area (Å²) in [5.74, 6) is 1.47. The van der Waals surface area contributed by atoms with Gasteiger partial charge in [-0.05, 0) is 46.8 Å². The Balaban J connectivity index is 1.49. The first kappa shape index (κ1) is 15.6. The van der Waals surface area contributed by atoms with Gasteiger partial charge < -0.3 is 14.8 Å². The van der Waals surface area contributed by atoms with Crippen LogP contribution in [0.3, 0.4) is 0 Å². The molecule has 1 aromatic heterocycles. The number of amides is 1. The third-order valence-electron chi connectivity index (χ3n) is 3.63. The summed E-state index contributed by atoms with van der Waals surface area (Å²) in [7, 11) is 0. The molecule has 1 N–H and O–H groups in total. The molecule has 9 heteroatoms. The van der Waals surface area contributed by atoms with Crippen LogP contribution in [0.2, 0.25) is 0 Å². The first-order valence-electron chi connectivity index (χ1n) is 7.42. The van der Waals surface area contributed by atoms with Crippen molar-refractivity contribution < 1.29 is 14.3 Å². The standard InChI is InChI=1S/C16H12BrN5O3/c17-11-2-1-3-12(7-11)22-15(19-20-21-22)8-18-16(23)10-4-5-13-14(6-10)25-9-24-13/h1-7H,8-9H2,(H,18,23). The van der Waals surface area contributed by atoms with Crippen LogP contribution in [0.4, 0.5) is 0 Å². The number of tetrazole rings is 1. The second-order valence-electron chi connectivity index (χ2n) is 5.24. The molecule has 2 heterocycles. The molecule has 4 rings (SSSR count). The van der Waals surface area contributed by atoms with E-state index in [0.29, 0.717) is 22.9 Å². The van der Waals surface area contributed by atoms with Gasteiger partial charge in [-0.25, -0.2) is 0 Å². The van der Waals surface area contributed by atoms with E-state index in [4.69, 9.17) is 9.47 Å². The normalized spacial score (nSPS) is 12.2. The van der Waals surface area contributed by atoms with Gasteiger partial charge in [0, 0.05) is 10.0 Å². The molecule has 0 radical (unpaired) electrons. The van der Waals surface area contributed by atoms with Crippen LogP contribution >= 0.6 is 15.9 Å². The molecule has 3 aromatic rings. The zero-order chi connectivity index (χ0) is 17.2. The number of nitrogens with one attached hydrogen (secondary N) is 1. The third-order valence-corrected chi connectivity index (χ3v) is 4.12. The van der Waals surface area contributed by atoms with Crippen LogP contribution in [0.15, 0.2) is 46.9 Å². The Labute approximate surface area is 150 Å². The van der Waals surface area contributed by atoms with E-state index < -0.39 is 0 Å². The van der Waals surface area contributed by atoms with Gasteiger partial charge in [-0.2, -0.15) is 4.68 Å². The lowest BCUT2D eigenvalue weighted by Gasteiger charge is -2.07. The lowest BCUT2D eigenvalue weighted by atomic mass is 10.2. The van der Waals surface area contributed by atoms with Crippen molar-refractivity contribution in [3.05, 3.63) is 58.3 Å². The molecule has 1 aliphatic heterocycles. The van der Waals surface area contributed by atoms with Crippen molar-refractivity contribution >= 4 is 21.8 Å². The average Bonchev–Trinajstić information content (AvgIpc) is 3.28. The summed E-state index contributed by atoms with van der Waals surface area (Å²) in [4.78, 5) is 12.3. The summed E-state index contributed by atoms with van der Waals surface area (Å²) in [5, 5.41) is 14.4. The van der Waals surface area contributed by atoms with E-state index in [1.54, 1.807) is 22.9 Å². The Hall–Kier alpha value is -2.94. The molecule has 0 saturated carbocycles. The van der Waals surface area contributed by atoms with Crippen molar-refractivity contribution in [2.75, 3.05) is 6.79 Å². The summed E-state index contributed by atoms with van der Waals surface area (Å²) in [6.45, 7) is 0.356. The second-order valence-corrected chi connectivity index (χ2v) is 6.15. The zero-order valence-electron chi connectivity index (χ0n) is 12.8. The van der Waals surface area contributed by atoms with E-state index in [1.807, 2.05) is 24.3 Å². The van der Waals surface area contributed by atoms with Gasteiger partial charge in [0.15, 0.2) is 17.3 Å². The van der Waals surface area contributed by atoms with Gasteiger partial charge in [0.2, 0.25) is 6.79 Å². The number of nitrogens with zero attached hydrogens (tertiary/aromatic N) is 4. The molecular formula is C16H12BrN5O3. The van der Waals surface area contributed by atoms with Gasteiger partial charge in [-0.1, -0.05) is 22.0 Å². The fourth-order valence-corrected chi connectivity index (χ4v) is 2.81. The molecule has 0 fully saturated rings. The molecule has 0 aliphatic carbocycles. The van der Waals surface area contributed by atoms with Crippen molar-refractivity contribution in [3.63, 3.8) is 0 Å². The number of halogens is 1. The van der Waals surface area contributed by atoms with Crippen molar-refractivity contribution in [1.29, 1.82) is 0 Å². The maximum Gasteiger partial charge on any atom is 0.251 e. The van der Waals surface area contributed by atoms with Crippen LogP contribution in [-0.2, 0) is 6.54 Å². The molecule has 1 amide bonds. The van der Waals surface area contributed by atoms with E-state index in [2.05, 4.69) is 36.8 Å². The molecule has 25 heavy (non-hydrogen) atoms. The van der Waals surface area contributed by atoms with Gasteiger partial charge in [0.1, 0.15) is 0 Å². The molecule has 1 aliphatic rings. The monoisotopic (exact) mass is 401 g/mol. The highest BCUT2D eigenvalue weighted by atomic mass is 79.9. The topological polar surface area (TPSA) is 91.2 Å². The highest BCUT2D eigenvalue weighted by Crippen LogP contribution is 2.32. The van der Waals surface area contributed by atoms with Crippen molar-refractivity contribution in [3.8, 4) is 17.2 Å². The summed E-state index contributed by atoms with van der Waals surface area (Å²) in [5.41, 5.74) is 1.28. The van der Waals surface area contributed by atoms with Crippen LogP contribution in [0.25, 0.3) is 5.69 Å². The first-order chi connectivity index (χ1) is 12.2. The van der Waals surface area contributed by atoms with Crippen LogP contribution in [0, 0.1) is 0 Å². The Kier molecular flexibility index (Phi) is 4.06. The van der Waals surface area contributed by atoms with Crippen molar-refractivity contribution in [1.82, 2.24) is 25.5 Å². The average molecular weight is 402 g/mol. The molecule has 8 nitrogen and oxygen atoms in total. The number of hydrogen-bond acceptors (Lipinski definition) is 6. The predicted octanol–water partition coefficient (Wildman–Crippen LogP) is 2.08. The predicted molar refractivity (Wildman–Crippen MR) is 90.6 cm³/mol. The smallest absolute Gasteiger partial charge is 0.251 e. The number of aromatic nitrogens is 4. The van der Waals surface area contributed by atoms with Crippen LogP contribution in [-0.4, -0.2) is 32.9 Å². The molecule has 0 spiro atoms. The Bertz CT molecular complexity index is 943.